The maximum absolute atomic E-state index is 15.3. The van der Waals surface area contributed by atoms with Crippen LogP contribution in [0.25, 0.3) is 11.4 Å². The molecular weight excluding hydrogens is 498 g/mol. The first-order chi connectivity index (χ1) is 17.0. The van der Waals surface area contributed by atoms with Crippen molar-refractivity contribution in [3.8, 4) is 23.0 Å². The van der Waals surface area contributed by atoms with Gasteiger partial charge in [-0.25, -0.2) is 19.0 Å². The van der Waals surface area contributed by atoms with E-state index < -0.39 is 40.9 Å². The molecule has 3 aromatic rings. The lowest BCUT2D eigenvalue weighted by Gasteiger charge is -2.21. The molecule has 0 saturated carbocycles. The Morgan fingerprint density at radius 3 is 2.41 bits per heavy atom. The van der Waals surface area contributed by atoms with Crippen LogP contribution in [0.1, 0.15) is 48.1 Å². The van der Waals surface area contributed by atoms with Crippen molar-refractivity contribution >= 4 is 11.6 Å². The molecular formula is C24H27F4N5O4. The Kier molecular flexibility index (Phi) is 7.49. The molecule has 2 heterocycles. The number of rotatable bonds is 7. The summed E-state index contributed by atoms with van der Waals surface area (Å²) >= 11 is 0. The number of methoxy groups -OCH3 is 1. The van der Waals surface area contributed by atoms with Crippen LogP contribution in [0.3, 0.4) is 0 Å². The van der Waals surface area contributed by atoms with E-state index in [1.165, 1.54) is 38.9 Å². The van der Waals surface area contributed by atoms with Gasteiger partial charge in [-0.05, 0) is 52.3 Å². The molecule has 0 fully saturated rings. The van der Waals surface area contributed by atoms with Gasteiger partial charge in [-0.1, -0.05) is 0 Å². The molecule has 2 N–H and O–H groups in total. The van der Waals surface area contributed by atoms with Gasteiger partial charge in [0.2, 0.25) is 5.88 Å². The lowest BCUT2D eigenvalue weighted by atomic mass is 10.1. The standard InChI is InChI=1S/C24H27F4N5O4/c1-11-10-29-21(36-7)12(2)18(11)30-20(34)15-8-16(25)14(9-17(15)37-13(3)24(26,27)28)19-31-22(23(4,5)35)33(6)32-19/h8-10,13,35H,1-7H3,(H,29,30,34)/t13-/m0/s1. The molecule has 1 aromatic carbocycles. The number of aliphatic hydroxyl groups is 1. The van der Waals surface area contributed by atoms with Crippen LogP contribution in [0.15, 0.2) is 18.3 Å². The average molecular weight is 526 g/mol. The van der Waals surface area contributed by atoms with Gasteiger partial charge in [-0.3, -0.25) is 4.79 Å². The number of benzene rings is 1. The van der Waals surface area contributed by atoms with Crippen LogP contribution < -0.4 is 14.8 Å². The second kappa shape index (κ2) is 9.96. The van der Waals surface area contributed by atoms with Crippen LogP contribution in [0.5, 0.6) is 11.6 Å². The number of anilines is 1. The van der Waals surface area contributed by atoms with Crippen molar-refractivity contribution in [2.45, 2.75) is 52.5 Å². The Balaban J connectivity index is 2.13. The molecule has 0 saturated heterocycles. The van der Waals surface area contributed by atoms with E-state index in [0.717, 1.165) is 19.1 Å². The zero-order valence-electron chi connectivity index (χ0n) is 21.3. The van der Waals surface area contributed by atoms with Gasteiger partial charge < -0.3 is 19.9 Å². The molecule has 1 amide bonds. The molecule has 37 heavy (non-hydrogen) atoms. The van der Waals surface area contributed by atoms with E-state index >= 15 is 4.39 Å². The normalized spacial score (nSPS) is 12.9. The molecule has 0 bridgehead atoms. The molecule has 9 nitrogen and oxygen atoms in total. The molecule has 0 radical (unpaired) electrons. The molecule has 0 aliphatic rings. The Morgan fingerprint density at radius 2 is 1.86 bits per heavy atom. The number of carbonyl (C=O) groups is 1. The van der Waals surface area contributed by atoms with Crippen molar-refractivity contribution in [2.75, 3.05) is 12.4 Å². The minimum absolute atomic E-state index is 0.0902. The summed E-state index contributed by atoms with van der Waals surface area (Å²) in [4.78, 5) is 21.4. The van der Waals surface area contributed by atoms with Gasteiger partial charge in [0.25, 0.3) is 5.91 Å². The number of amides is 1. The molecule has 13 heteroatoms. The summed E-state index contributed by atoms with van der Waals surface area (Å²) in [6.45, 7) is 6.95. The second-order valence-corrected chi connectivity index (χ2v) is 8.98. The van der Waals surface area contributed by atoms with E-state index in [1.807, 2.05) is 0 Å². The summed E-state index contributed by atoms with van der Waals surface area (Å²) in [6, 6.07) is 1.69. The van der Waals surface area contributed by atoms with Gasteiger partial charge in [0.1, 0.15) is 17.2 Å². The van der Waals surface area contributed by atoms with Crippen molar-refractivity contribution in [1.82, 2.24) is 19.7 Å². The first-order valence-electron chi connectivity index (χ1n) is 11.1. The van der Waals surface area contributed by atoms with Crippen molar-refractivity contribution in [2.24, 2.45) is 7.05 Å². The molecule has 0 spiro atoms. The third kappa shape index (κ3) is 5.82. The highest BCUT2D eigenvalue weighted by Crippen LogP contribution is 2.34. The number of carbonyl (C=O) groups excluding carboxylic acids is 1. The fourth-order valence-corrected chi connectivity index (χ4v) is 3.59. The van der Waals surface area contributed by atoms with Gasteiger partial charge in [-0.15, -0.1) is 0 Å². The minimum atomic E-state index is -4.76. The highest BCUT2D eigenvalue weighted by molar-refractivity contribution is 6.07. The average Bonchev–Trinajstić information content (AvgIpc) is 3.18. The summed E-state index contributed by atoms with van der Waals surface area (Å²) in [5, 5.41) is 16.9. The number of pyridine rings is 1. The predicted molar refractivity (Wildman–Crippen MR) is 126 cm³/mol. The van der Waals surface area contributed by atoms with Crippen molar-refractivity contribution in [3.63, 3.8) is 0 Å². The Hall–Kier alpha value is -3.74. The van der Waals surface area contributed by atoms with Crippen molar-refractivity contribution in [3.05, 3.63) is 46.7 Å². The minimum Gasteiger partial charge on any atom is -0.481 e. The molecule has 0 unspecified atom stereocenters. The van der Waals surface area contributed by atoms with E-state index in [4.69, 9.17) is 9.47 Å². The number of hydrogen-bond donors (Lipinski definition) is 2. The first kappa shape index (κ1) is 27.8. The smallest absolute Gasteiger partial charge is 0.425 e. The van der Waals surface area contributed by atoms with E-state index in [2.05, 4.69) is 20.4 Å². The highest BCUT2D eigenvalue weighted by Gasteiger charge is 2.39. The quantitative estimate of drug-likeness (QED) is 0.439. The fourth-order valence-electron chi connectivity index (χ4n) is 3.59. The number of aryl methyl sites for hydroxylation is 2. The number of alkyl halides is 3. The Labute approximate surface area is 210 Å². The monoisotopic (exact) mass is 525 g/mol. The second-order valence-electron chi connectivity index (χ2n) is 8.98. The van der Waals surface area contributed by atoms with Gasteiger partial charge in [0.15, 0.2) is 17.8 Å². The zero-order chi connectivity index (χ0) is 27.9. The fraction of sp³-hybridized carbons (Fsp3) is 0.417. The molecule has 2 aromatic heterocycles. The van der Waals surface area contributed by atoms with E-state index in [9.17, 15) is 23.1 Å². The Bertz CT molecular complexity index is 1330. The topological polar surface area (TPSA) is 111 Å². The highest BCUT2D eigenvalue weighted by atomic mass is 19.4. The predicted octanol–water partition coefficient (Wildman–Crippen LogP) is 4.45. The van der Waals surface area contributed by atoms with Gasteiger partial charge in [0.05, 0.1) is 23.9 Å². The lowest BCUT2D eigenvalue weighted by Crippen LogP contribution is -2.32. The van der Waals surface area contributed by atoms with E-state index in [1.54, 1.807) is 13.8 Å². The maximum atomic E-state index is 15.3. The summed E-state index contributed by atoms with van der Waals surface area (Å²) in [6.07, 6.45) is -5.63. The van der Waals surface area contributed by atoms with Crippen LogP contribution >= 0.6 is 0 Å². The summed E-state index contributed by atoms with van der Waals surface area (Å²) in [5.41, 5.74) is -0.905. The summed E-state index contributed by atoms with van der Waals surface area (Å²) < 4.78 is 66.7. The third-order valence-electron chi connectivity index (χ3n) is 5.53. The molecule has 200 valence electrons. The number of nitrogens with zero attached hydrogens (tertiary/aromatic N) is 4. The van der Waals surface area contributed by atoms with Crippen LogP contribution in [-0.4, -0.2) is 50.2 Å². The number of hydrogen-bond acceptors (Lipinski definition) is 7. The summed E-state index contributed by atoms with van der Waals surface area (Å²) in [7, 11) is 2.87. The molecule has 1 atom stereocenters. The van der Waals surface area contributed by atoms with Crippen molar-refractivity contribution < 1.29 is 36.9 Å². The molecule has 0 aliphatic heterocycles. The van der Waals surface area contributed by atoms with Crippen molar-refractivity contribution in [1.29, 1.82) is 0 Å². The number of aromatic nitrogens is 4. The number of ether oxygens (including phenoxy) is 2. The van der Waals surface area contributed by atoms with Crippen LogP contribution in [-0.2, 0) is 12.6 Å². The van der Waals surface area contributed by atoms with E-state index in [-0.39, 0.29) is 23.1 Å². The molecule has 0 aliphatic carbocycles. The molecule has 3 rings (SSSR count). The SMILES string of the molecule is COc1ncc(C)c(NC(=O)c2cc(F)c(-c3nc(C(C)(C)O)n(C)n3)cc2O[C@@H](C)C(F)(F)F)c1C. The van der Waals surface area contributed by atoms with Crippen LogP contribution in [0.2, 0.25) is 0 Å². The van der Waals surface area contributed by atoms with Gasteiger partial charge in [-0.2, -0.15) is 18.3 Å². The maximum Gasteiger partial charge on any atom is 0.425 e. The third-order valence-corrected chi connectivity index (χ3v) is 5.53. The first-order valence-corrected chi connectivity index (χ1v) is 11.1. The number of nitrogens with one attached hydrogen (secondary N) is 1. The van der Waals surface area contributed by atoms with Gasteiger partial charge in [0, 0.05) is 18.8 Å². The largest absolute Gasteiger partial charge is 0.481 e. The lowest BCUT2D eigenvalue weighted by molar-refractivity contribution is -0.189. The zero-order valence-corrected chi connectivity index (χ0v) is 21.3. The Morgan fingerprint density at radius 1 is 1.22 bits per heavy atom. The van der Waals surface area contributed by atoms with Crippen LogP contribution in [0.4, 0.5) is 23.2 Å². The summed E-state index contributed by atoms with van der Waals surface area (Å²) in [5.74, 6) is -2.32. The van der Waals surface area contributed by atoms with E-state index in [0.29, 0.717) is 16.8 Å². The van der Waals surface area contributed by atoms with Gasteiger partial charge >= 0.3 is 6.18 Å². The number of halogens is 4. The van der Waals surface area contributed by atoms with Crippen LogP contribution in [0, 0.1) is 19.7 Å².